The molecule has 0 spiro atoms. The highest BCUT2D eigenvalue weighted by molar-refractivity contribution is 7.21. The third-order valence-corrected chi connectivity index (χ3v) is 7.47. The van der Waals surface area contributed by atoms with Crippen molar-refractivity contribution in [2.24, 2.45) is 0 Å². The quantitative estimate of drug-likeness (QED) is 0.427. The highest BCUT2D eigenvalue weighted by Crippen LogP contribution is 2.36. The maximum atomic E-state index is 13.8. The Morgan fingerprint density at radius 2 is 1.81 bits per heavy atom. The summed E-state index contributed by atoms with van der Waals surface area (Å²) in [4.78, 5) is 24.5. The summed E-state index contributed by atoms with van der Waals surface area (Å²) in [7, 11) is 0. The first-order valence-electron chi connectivity index (χ1n) is 11.1. The first-order chi connectivity index (χ1) is 15.4. The number of amides is 1. The molecule has 164 valence electrons. The SMILES string of the molecule is Cc1cccc(N2CCN(C(=O)c3sc4ncccc4c3-n3c(C)ccc3C)C[C@H]2C)c1. The number of benzene rings is 1. The molecule has 0 bridgehead atoms. The van der Waals surface area contributed by atoms with E-state index in [1.165, 1.54) is 22.6 Å². The minimum Gasteiger partial charge on any atom is -0.365 e. The molecule has 1 aromatic carbocycles. The summed E-state index contributed by atoms with van der Waals surface area (Å²) in [5, 5.41) is 1.04. The van der Waals surface area contributed by atoms with E-state index in [4.69, 9.17) is 0 Å². The first-order valence-corrected chi connectivity index (χ1v) is 11.9. The molecule has 0 unspecified atom stereocenters. The number of pyridine rings is 1. The molecule has 32 heavy (non-hydrogen) atoms. The number of piperazine rings is 1. The van der Waals surface area contributed by atoms with Crippen LogP contribution in [0.25, 0.3) is 15.9 Å². The van der Waals surface area contributed by atoms with E-state index in [2.05, 4.69) is 84.6 Å². The number of aryl methyl sites for hydroxylation is 3. The van der Waals surface area contributed by atoms with Crippen molar-refractivity contribution in [3.8, 4) is 5.69 Å². The summed E-state index contributed by atoms with van der Waals surface area (Å²) in [6.07, 6.45) is 1.80. The Balaban J connectivity index is 1.49. The number of fused-ring (bicyclic) bond motifs is 1. The molecule has 1 aliphatic heterocycles. The molecule has 5 nitrogen and oxygen atoms in total. The number of carbonyl (C=O) groups is 1. The Kier molecular flexibility index (Phi) is 5.25. The molecule has 6 heteroatoms. The van der Waals surface area contributed by atoms with E-state index in [9.17, 15) is 4.79 Å². The maximum absolute atomic E-state index is 13.8. The molecule has 0 N–H and O–H groups in total. The van der Waals surface area contributed by atoms with Crippen LogP contribution in [-0.2, 0) is 0 Å². The van der Waals surface area contributed by atoms with Crippen molar-refractivity contribution in [1.82, 2.24) is 14.5 Å². The van der Waals surface area contributed by atoms with Gasteiger partial charge in [0.2, 0.25) is 0 Å². The zero-order chi connectivity index (χ0) is 22.4. The molecule has 1 aliphatic rings. The maximum Gasteiger partial charge on any atom is 0.266 e. The average molecular weight is 445 g/mol. The second kappa shape index (κ2) is 8.10. The Hall–Kier alpha value is -3.12. The number of hydrogen-bond acceptors (Lipinski definition) is 4. The van der Waals surface area contributed by atoms with E-state index in [-0.39, 0.29) is 11.9 Å². The summed E-state index contributed by atoms with van der Waals surface area (Å²) in [5.74, 6) is 0.103. The standard InChI is InChI=1S/C26H28N4OS/c1-17-7-5-8-21(15-17)29-14-13-28(16-20(29)4)26(31)24-23(30-18(2)10-11-19(30)3)22-9-6-12-27-25(22)32-24/h5-12,15,20H,13-14,16H2,1-4H3/t20-/m1/s1. The van der Waals surface area contributed by atoms with Gasteiger partial charge in [-0.25, -0.2) is 4.98 Å². The van der Waals surface area contributed by atoms with E-state index < -0.39 is 0 Å². The van der Waals surface area contributed by atoms with Gasteiger partial charge in [0.25, 0.3) is 5.91 Å². The van der Waals surface area contributed by atoms with Crippen molar-refractivity contribution in [1.29, 1.82) is 0 Å². The van der Waals surface area contributed by atoms with E-state index in [1.54, 1.807) is 6.20 Å². The summed E-state index contributed by atoms with van der Waals surface area (Å²) in [6.45, 7) is 10.7. The van der Waals surface area contributed by atoms with E-state index >= 15 is 0 Å². The van der Waals surface area contributed by atoms with Gasteiger partial charge in [-0.2, -0.15) is 0 Å². The van der Waals surface area contributed by atoms with Crippen molar-refractivity contribution in [3.63, 3.8) is 0 Å². The molecule has 1 atom stereocenters. The molecule has 1 amide bonds. The number of carbonyl (C=O) groups excluding carboxylic acids is 1. The van der Waals surface area contributed by atoms with Gasteiger partial charge in [0.1, 0.15) is 9.71 Å². The Morgan fingerprint density at radius 3 is 2.53 bits per heavy atom. The zero-order valence-electron chi connectivity index (χ0n) is 19.0. The van der Waals surface area contributed by atoms with Gasteiger partial charge in [0.05, 0.1) is 5.69 Å². The zero-order valence-corrected chi connectivity index (χ0v) is 19.8. The van der Waals surface area contributed by atoms with Crippen LogP contribution in [0.15, 0.2) is 54.7 Å². The lowest BCUT2D eigenvalue weighted by Crippen LogP contribution is -2.53. The van der Waals surface area contributed by atoms with E-state index in [0.717, 1.165) is 38.7 Å². The molecular weight excluding hydrogens is 416 g/mol. The van der Waals surface area contributed by atoms with E-state index in [1.807, 2.05) is 11.0 Å². The van der Waals surface area contributed by atoms with E-state index in [0.29, 0.717) is 13.1 Å². The predicted octanol–water partition coefficient (Wildman–Crippen LogP) is 5.36. The summed E-state index contributed by atoms with van der Waals surface area (Å²) < 4.78 is 2.19. The van der Waals surface area contributed by atoms with Gasteiger partial charge in [-0.15, -0.1) is 11.3 Å². The molecule has 1 saturated heterocycles. The Labute approximate surface area is 192 Å². The molecule has 0 radical (unpaired) electrons. The molecule has 4 heterocycles. The third-order valence-electron chi connectivity index (χ3n) is 6.38. The van der Waals surface area contributed by atoms with Gasteiger partial charge < -0.3 is 14.4 Å². The van der Waals surface area contributed by atoms with Crippen LogP contribution in [-0.4, -0.2) is 46.0 Å². The van der Waals surface area contributed by atoms with Gasteiger partial charge in [-0.1, -0.05) is 12.1 Å². The number of nitrogens with zero attached hydrogens (tertiary/aromatic N) is 4. The largest absolute Gasteiger partial charge is 0.365 e. The van der Waals surface area contributed by atoms with Crippen LogP contribution in [0, 0.1) is 20.8 Å². The van der Waals surface area contributed by atoms with Crippen LogP contribution >= 0.6 is 11.3 Å². The number of aromatic nitrogens is 2. The summed E-state index contributed by atoms with van der Waals surface area (Å²) in [6, 6.07) is 17.1. The first kappa shape index (κ1) is 20.8. The van der Waals surface area contributed by atoms with Crippen LogP contribution in [0.4, 0.5) is 5.69 Å². The average Bonchev–Trinajstić information content (AvgIpc) is 3.32. The number of hydrogen-bond donors (Lipinski definition) is 0. The molecule has 0 saturated carbocycles. The van der Waals surface area contributed by atoms with Crippen LogP contribution < -0.4 is 4.90 Å². The van der Waals surface area contributed by atoms with Gasteiger partial charge in [-0.05, 0) is 69.7 Å². The van der Waals surface area contributed by atoms with Crippen molar-refractivity contribution in [3.05, 3.63) is 76.6 Å². The number of anilines is 1. The van der Waals surface area contributed by atoms with Gasteiger partial charge >= 0.3 is 0 Å². The number of rotatable bonds is 3. The molecule has 0 aliphatic carbocycles. The monoisotopic (exact) mass is 444 g/mol. The van der Waals surface area contributed by atoms with Crippen molar-refractivity contribution in [2.75, 3.05) is 24.5 Å². The second-order valence-corrected chi connectivity index (χ2v) is 9.72. The fourth-order valence-corrected chi connectivity index (χ4v) is 5.88. The van der Waals surface area contributed by atoms with Gasteiger partial charge in [-0.3, -0.25) is 4.79 Å². The fraction of sp³-hybridized carbons (Fsp3) is 0.308. The highest BCUT2D eigenvalue weighted by atomic mass is 32.1. The van der Waals surface area contributed by atoms with Crippen LogP contribution in [0.3, 0.4) is 0 Å². The Morgan fingerprint density at radius 1 is 1.03 bits per heavy atom. The molecule has 1 fully saturated rings. The minimum absolute atomic E-state index is 0.103. The topological polar surface area (TPSA) is 41.4 Å². The van der Waals surface area contributed by atoms with Gasteiger partial charge in [0.15, 0.2) is 0 Å². The highest BCUT2D eigenvalue weighted by Gasteiger charge is 2.31. The number of thiophene rings is 1. The second-order valence-electron chi connectivity index (χ2n) is 8.72. The predicted molar refractivity (Wildman–Crippen MR) is 132 cm³/mol. The smallest absolute Gasteiger partial charge is 0.266 e. The van der Waals surface area contributed by atoms with Gasteiger partial charge in [0, 0.05) is 54.3 Å². The summed E-state index contributed by atoms with van der Waals surface area (Å²) in [5.41, 5.74) is 5.70. The normalized spacial score (nSPS) is 16.7. The van der Waals surface area contributed by atoms with Crippen molar-refractivity contribution >= 4 is 33.1 Å². The summed E-state index contributed by atoms with van der Waals surface area (Å²) >= 11 is 1.50. The third kappa shape index (κ3) is 3.48. The molecular formula is C26H28N4OS. The lowest BCUT2D eigenvalue weighted by Gasteiger charge is -2.41. The molecule has 3 aromatic heterocycles. The minimum atomic E-state index is 0.103. The lowest BCUT2D eigenvalue weighted by molar-refractivity contribution is 0.0731. The van der Waals surface area contributed by atoms with Crippen LogP contribution in [0.5, 0.6) is 0 Å². The van der Waals surface area contributed by atoms with Crippen molar-refractivity contribution in [2.45, 2.75) is 33.7 Å². The fourth-order valence-electron chi connectivity index (χ4n) is 4.78. The molecule has 5 rings (SSSR count). The van der Waals surface area contributed by atoms with Crippen LogP contribution in [0.2, 0.25) is 0 Å². The molecule has 4 aromatic rings. The van der Waals surface area contributed by atoms with Crippen LogP contribution in [0.1, 0.15) is 33.5 Å². The lowest BCUT2D eigenvalue weighted by atomic mass is 10.1. The Bertz CT molecular complexity index is 1280. The van der Waals surface area contributed by atoms with Crippen molar-refractivity contribution < 1.29 is 4.79 Å².